The minimum atomic E-state index is 0.816. The van der Waals surface area contributed by atoms with Crippen molar-refractivity contribution in [2.24, 2.45) is 0 Å². The third kappa shape index (κ3) is 2.25. The van der Waals surface area contributed by atoms with E-state index in [1.807, 2.05) is 12.1 Å². The van der Waals surface area contributed by atoms with Crippen LogP contribution in [0.4, 0.5) is 5.69 Å². The normalized spacial score (nSPS) is 10.3. The zero-order valence-corrected chi connectivity index (χ0v) is 9.61. The van der Waals surface area contributed by atoms with Gasteiger partial charge in [0.1, 0.15) is 0 Å². The van der Waals surface area contributed by atoms with Gasteiger partial charge in [-0.2, -0.15) is 0 Å². The van der Waals surface area contributed by atoms with E-state index in [0.29, 0.717) is 0 Å². The van der Waals surface area contributed by atoms with Gasteiger partial charge in [0.2, 0.25) is 0 Å². The van der Waals surface area contributed by atoms with Gasteiger partial charge in [-0.15, -0.1) is 0 Å². The molecule has 1 heteroatoms. The number of nitrogens with two attached hydrogens (primary N) is 1. The Morgan fingerprint density at radius 2 is 1.62 bits per heavy atom. The van der Waals surface area contributed by atoms with Gasteiger partial charge in [-0.1, -0.05) is 49.7 Å². The van der Waals surface area contributed by atoms with Gasteiger partial charge in [-0.05, 0) is 35.2 Å². The first-order valence-electron chi connectivity index (χ1n) is 5.75. The molecule has 2 rings (SSSR count). The molecule has 0 aromatic heterocycles. The van der Waals surface area contributed by atoms with Crippen molar-refractivity contribution in [1.82, 2.24) is 0 Å². The third-order valence-electron chi connectivity index (χ3n) is 2.76. The van der Waals surface area contributed by atoms with E-state index >= 15 is 0 Å². The zero-order valence-electron chi connectivity index (χ0n) is 9.61. The monoisotopic (exact) mass is 211 g/mol. The number of hydrogen-bond donors (Lipinski definition) is 1. The van der Waals surface area contributed by atoms with Gasteiger partial charge in [0, 0.05) is 5.69 Å². The molecule has 0 spiro atoms. The van der Waals surface area contributed by atoms with Crippen LogP contribution in [0.5, 0.6) is 0 Å². The summed E-state index contributed by atoms with van der Waals surface area (Å²) in [7, 11) is 0. The molecule has 0 aliphatic carbocycles. The Kier molecular flexibility index (Phi) is 3.25. The van der Waals surface area contributed by atoms with Gasteiger partial charge in [0.25, 0.3) is 0 Å². The Labute approximate surface area is 96.9 Å². The standard InChI is InChI=1S/C15H17N/c1-2-5-12-6-3-4-7-15(12)13-8-10-14(16)11-9-13/h3-4,6-11H,2,5,16H2,1H3. The molecule has 0 heterocycles. The highest BCUT2D eigenvalue weighted by Gasteiger charge is 2.02. The summed E-state index contributed by atoms with van der Waals surface area (Å²) in [5.41, 5.74) is 10.5. The van der Waals surface area contributed by atoms with Crippen molar-refractivity contribution in [3.8, 4) is 11.1 Å². The Morgan fingerprint density at radius 3 is 2.31 bits per heavy atom. The quantitative estimate of drug-likeness (QED) is 0.766. The van der Waals surface area contributed by atoms with E-state index in [2.05, 4.69) is 43.3 Å². The van der Waals surface area contributed by atoms with Crippen molar-refractivity contribution in [3.63, 3.8) is 0 Å². The summed E-state index contributed by atoms with van der Waals surface area (Å²) in [6.45, 7) is 2.21. The van der Waals surface area contributed by atoms with Crippen molar-refractivity contribution in [2.45, 2.75) is 19.8 Å². The second-order valence-electron chi connectivity index (χ2n) is 4.03. The minimum Gasteiger partial charge on any atom is -0.399 e. The van der Waals surface area contributed by atoms with Gasteiger partial charge in [0.15, 0.2) is 0 Å². The summed E-state index contributed by atoms with van der Waals surface area (Å²) >= 11 is 0. The van der Waals surface area contributed by atoms with E-state index in [4.69, 9.17) is 5.73 Å². The summed E-state index contributed by atoms with van der Waals surface area (Å²) in [6, 6.07) is 16.7. The molecule has 0 fully saturated rings. The van der Waals surface area contributed by atoms with Crippen LogP contribution in [0, 0.1) is 0 Å². The fraction of sp³-hybridized carbons (Fsp3) is 0.200. The van der Waals surface area contributed by atoms with Gasteiger partial charge >= 0.3 is 0 Å². The molecular formula is C15H17N. The van der Waals surface area contributed by atoms with Crippen LogP contribution in [0.25, 0.3) is 11.1 Å². The molecule has 0 bridgehead atoms. The van der Waals surface area contributed by atoms with Crippen LogP contribution in [0.2, 0.25) is 0 Å². The van der Waals surface area contributed by atoms with Crippen LogP contribution in [-0.4, -0.2) is 0 Å². The number of rotatable bonds is 3. The topological polar surface area (TPSA) is 26.0 Å². The Bertz CT molecular complexity index is 457. The molecule has 0 saturated heterocycles. The number of benzene rings is 2. The highest BCUT2D eigenvalue weighted by Crippen LogP contribution is 2.25. The molecule has 0 unspecified atom stereocenters. The van der Waals surface area contributed by atoms with E-state index in [9.17, 15) is 0 Å². The maximum absolute atomic E-state index is 5.70. The summed E-state index contributed by atoms with van der Waals surface area (Å²) in [5, 5.41) is 0. The highest BCUT2D eigenvalue weighted by molar-refractivity contribution is 5.68. The van der Waals surface area contributed by atoms with Crippen LogP contribution in [0.1, 0.15) is 18.9 Å². The number of anilines is 1. The van der Waals surface area contributed by atoms with E-state index in [1.165, 1.54) is 23.1 Å². The molecule has 2 N–H and O–H groups in total. The third-order valence-corrected chi connectivity index (χ3v) is 2.76. The van der Waals surface area contributed by atoms with Crippen molar-refractivity contribution >= 4 is 5.69 Å². The van der Waals surface area contributed by atoms with Crippen molar-refractivity contribution in [3.05, 3.63) is 54.1 Å². The fourth-order valence-corrected chi connectivity index (χ4v) is 1.95. The first kappa shape index (κ1) is 10.7. The highest BCUT2D eigenvalue weighted by atomic mass is 14.5. The number of nitrogen functional groups attached to an aromatic ring is 1. The zero-order chi connectivity index (χ0) is 11.4. The van der Waals surface area contributed by atoms with Crippen LogP contribution in [0.15, 0.2) is 48.5 Å². The molecule has 0 radical (unpaired) electrons. The Hall–Kier alpha value is -1.76. The molecule has 82 valence electrons. The molecule has 0 aliphatic rings. The van der Waals surface area contributed by atoms with Gasteiger partial charge in [-0.3, -0.25) is 0 Å². The second kappa shape index (κ2) is 4.84. The van der Waals surface area contributed by atoms with Gasteiger partial charge < -0.3 is 5.73 Å². The first-order chi connectivity index (χ1) is 7.81. The lowest BCUT2D eigenvalue weighted by Gasteiger charge is -2.08. The lowest BCUT2D eigenvalue weighted by atomic mass is 9.97. The first-order valence-corrected chi connectivity index (χ1v) is 5.75. The van der Waals surface area contributed by atoms with E-state index in [1.54, 1.807) is 0 Å². The van der Waals surface area contributed by atoms with Crippen molar-refractivity contribution in [2.75, 3.05) is 5.73 Å². The van der Waals surface area contributed by atoms with E-state index in [-0.39, 0.29) is 0 Å². The Balaban J connectivity index is 2.42. The molecular weight excluding hydrogens is 194 g/mol. The predicted octanol–water partition coefficient (Wildman–Crippen LogP) is 3.89. The SMILES string of the molecule is CCCc1ccccc1-c1ccc(N)cc1. The minimum absolute atomic E-state index is 0.816. The van der Waals surface area contributed by atoms with E-state index < -0.39 is 0 Å². The smallest absolute Gasteiger partial charge is 0.0314 e. The van der Waals surface area contributed by atoms with Gasteiger partial charge in [0.05, 0.1) is 0 Å². The summed E-state index contributed by atoms with van der Waals surface area (Å²) in [4.78, 5) is 0. The maximum atomic E-state index is 5.70. The average Bonchev–Trinajstić information content (AvgIpc) is 2.32. The molecule has 0 amide bonds. The van der Waals surface area contributed by atoms with Crippen LogP contribution in [-0.2, 0) is 6.42 Å². The molecule has 2 aromatic rings. The Morgan fingerprint density at radius 1 is 0.938 bits per heavy atom. The average molecular weight is 211 g/mol. The number of hydrogen-bond acceptors (Lipinski definition) is 1. The van der Waals surface area contributed by atoms with Crippen molar-refractivity contribution < 1.29 is 0 Å². The van der Waals surface area contributed by atoms with Crippen LogP contribution in [0.3, 0.4) is 0 Å². The fourth-order valence-electron chi connectivity index (χ4n) is 1.95. The predicted molar refractivity (Wildman–Crippen MR) is 70.3 cm³/mol. The molecule has 0 aliphatic heterocycles. The summed E-state index contributed by atoms with van der Waals surface area (Å²) in [6.07, 6.45) is 2.30. The largest absolute Gasteiger partial charge is 0.399 e. The molecule has 0 saturated carbocycles. The summed E-state index contributed by atoms with van der Waals surface area (Å²) in [5.74, 6) is 0. The second-order valence-corrected chi connectivity index (χ2v) is 4.03. The maximum Gasteiger partial charge on any atom is 0.0314 e. The molecule has 2 aromatic carbocycles. The van der Waals surface area contributed by atoms with Crippen LogP contribution >= 0.6 is 0 Å². The number of aryl methyl sites for hydroxylation is 1. The lowest BCUT2D eigenvalue weighted by Crippen LogP contribution is -1.89. The lowest BCUT2D eigenvalue weighted by molar-refractivity contribution is 0.923. The van der Waals surface area contributed by atoms with Gasteiger partial charge in [-0.25, -0.2) is 0 Å². The van der Waals surface area contributed by atoms with Crippen LogP contribution < -0.4 is 5.73 Å². The molecule has 16 heavy (non-hydrogen) atoms. The molecule has 1 nitrogen and oxygen atoms in total. The van der Waals surface area contributed by atoms with E-state index in [0.717, 1.165) is 12.1 Å². The molecule has 0 atom stereocenters. The van der Waals surface area contributed by atoms with Crippen molar-refractivity contribution in [1.29, 1.82) is 0 Å². The summed E-state index contributed by atoms with van der Waals surface area (Å²) < 4.78 is 0.